The number of hydrogen-bond donors (Lipinski definition) is 2. The minimum absolute atomic E-state index is 0.0311. The molecule has 0 aliphatic rings. The average Bonchev–Trinajstić information content (AvgIpc) is 2.61. The van der Waals surface area contributed by atoms with Crippen molar-refractivity contribution in [3.05, 3.63) is 67.7 Å². The van der Waals surface area contributed by atoms with Crippen LogP contribution in [0, 0.1) is 20.2 Å². The number of carbonyl (C=O) groups is 1. The molecule has 2 aromatic rings. The second kappa shape index (κ2) is 8.72. The molecule has 2 N–H and O–H groups in total. The minimum atomic E-state index is -0.760. The van der Waals surface area contributed by atoms with Crippen molar-refractivity contribution in [2.45, 2.75) is 13.3 Å². The highest BCUT2D eigenvalue weighted by Crippen LogP contribution is 2.29. The fourth-order valence-corrected chi connectivity index (χ4v) is 2.25. The summed E-state index contributed by atoms with van der Waals surface area (Å²) in [6, 6.07) is 9.85. The predicted octanol–water partition coefficient (Wildman–Crippen LogP) is 3.97. The number of carbonyl (C=O) groups excluding carboxylic acids is 1. The third-order valence-corrected chi connectivity index (χ3v) is 3.65. The average molecular weight is 392 g/mol. The lowest BCUT2D eigenvalue weighted by Crippen LogP contribution is -2.16. The van der Waals surface area contributed by atoms with Gasteiger partial charge in [0, 0.05) is 11.8 Å². The zero-order valence-electron chi connectivity index (χ0n) is 14.0. The zero-order valence-corrected chi connectivity index (χ0v) is 14.8. The van der Waals surface area contributed by atoms with Crippen molar-refractivity contribution in [2.75, 3.05) is 10.7 Å². The summed E-state index contributed by atoms with van der Waals surface area (Å²) < 4.78 is 0. The van der Waals surface area contributed by atoms with Gasteiger partial charge in [-0.2, -0.15) is 5.10 Å². The van der Waals surface area contributed by atoms with E-state index in [1.165, 1.54) is 6.07 Å². The SMILES string of the molecule is C/C(CC(=O)Nc1ccccc1Cl)=N/Nc1ccc([N+](=O)[O-])cc1[N+](=O)[O-]. The molecule has 27 heavy (non-hydrogen) atoms. The summed E-state index contributed by atoms with van der Waals surface area (Å²) in [4.78, 5) is 32.3. The quantitative estimate of drug-likeness (QED) is 0.415. The summed E-state index contributed by atoms with van der Waals surface area (Å²) in [5.74, 6) is -0.371. The summed E-state index contributed by atoms with van der Waals surface area (Å²) in [6.45, 7) is 1.55. The Bertz CT molecular complexity index is 931. The molecule has 2 aromatic carbocycles. The predicted molar refractivity (Wildman–Crippen MR) is 101 cm³/mol. The van der Waals surface area contributed by atoms with Crippen molar-refractivity contribution in [1.82, 2.24) is 0 Å². The number of nitrogens with zero attached hydrogens (tertiary/aromatic N) is 3. The number of nitrogens with one attached hydrogen (secondary N) is 2. The van der Waals surface area contributed by atoms with E-state index in [1.54, 1.807) is 31.2 Å². The molecule has 0 saturated carbocycles. The number of nitro benzene ring substituents is 2. The standard InChI is InChI=1S/C16H14ClN5O5/c1-10(8-16(23)18-13-5-3-2-4-12(13)17)19-20-14-7-6-11(21(24)25)9-15(14)22(26)27/h2-7,9,20H,8H2,1H3,(H,18,23)/b19-10-. The lowest BCUT2D eigenvalue weighted by molar-refractivity contribution is -0.393. The Morgan fingerprint density at radius 2 is 1.81 bits per heavy atom. The van der Waals surface area contributed by atoms with E-state index >= 15 is 0 Å². The minimum Gasteiger partial charge on any atom is -0.324 e. The fourth-order valence-electron chi connectivity index (χ4n) is 2.06. The molecular weight excluding hydrogens is 378 g/mol. The van der Waals surface area contributed by atoms with Gasteiger partial charge in [-0.05, 0) is 25.1 Å². The number of rotatable bonds is 7. The van der Waals surface area contributed by atoms with Gasteiger partial charge >= 0.3 is 5.69 Å². The maximum Gasteiger partial charge on any atom is 0.301 e. The van der Waals surface area contributed by atoms with E-state index in [-0.39, 0.29) is 18.0 Å². The zero-order chi connectivity index (χ0) is 20.0. The number of halogens is 1. The monoisotopic (exact) mass is 391 g/mol. The molecule has 0 aliphatic carbocycles. The van der Waals surface area contributed by atoms with Gasteiger partial charge in [0.05, 0.1) is 33.0 Å². The van der Waals surface area contributed by atoms with Crippen molar-refractivity contribution in [3.8, 4) is 0 Å². The maximum atomic E-state index is 12.0. The van der Waals surface area contributed by atoms with Gasteiger partial charge in [-0.1, -0.05) is 23.7 Å². The van der Waals surface area contributed by atoms with E-state index in [1.807, 2.05) is 0 Å². The molecule has 0 unspecified atom stereocenters. The highest BCUT2D eigenvalue weighted by molar-refractivity contribution is 6.33. The van der Waals surface area contributed by atoms with E-state index in [9.17, 15) is 25.0 Å². The van der Waals surface area contributed by atoms with E-state index < -0.39 is 21.2 Å². The van der Waals surface area contributed by atoms with Gasteiger partial charge in [0.1, 0.15) is 5.69 Å². The molecule has 1 amide bonds. The number of hydrazone groups is 1. The van der Waals surface area contributed by atoms with Gasteiger partial charge in [0.25, 0.3) is 5.69 Å². The van der Waals surface area contributed by atoms with Crippen LogP contribution in [0.1, 0.15) is 13.3 Å². The number of non-ortho nitro benzene ring substituents is 1. The summed E-state index contributed by atoms with van der Waals surface area (Å²) >= 11 is 5.96. The Hall–Kier alpha value is -3.53. The van der Waals surface area contributed by atoms with Crippen molar-refractivity contribution < 1.29 is 14.6 Å². The molecule has 0 fully saturated rings. The molecule has 0 spiro atoms. The first-order valence-electron chi connectivity index (χ1n) is 7.54. The molecule has 0 atom stereocenters. The van der Waals surface area contributed by atoms with E-state index in [4.69, 9.17) is 11.6 Å². The van der Waals surface area contributed by atoms with Crippen LogP contribution in [0.25, 0.3) is 0 Å². The van der Waals surface area contributed by atoms with E-state index in [2.05, 4.69) is 15.8 Å². The number of hydrogen-bond acceptors (Lipinski definition) is 7. The number of amides is 1. The maximum absolute atomic E-state index is 12.0. The lowest BCUT2D eigenvalue weighted by Gasteiger charge is -2.07. The first kappa shape index (κ1) is 19.8. The Balaban J connectivity index is 2.06. The first-order valence-corrected chi connectivity index (χ1v) is 7.92. The van der Waals surface area contributed by atoms with Gasteiger partial charge in [-0.3, -0.25) is 30.4 Å². The third kappa shape index (κ3) is 5.47. The van der Waals surface area contributed by atoms with Crippen LogP contribution < -0.4 is 10.7 Å². The Labute approximate surface area is 158 Å². The van der Waals surface area contributed by atoms with Crippen molar-refractivity contribution >= 4 is 46.0 Å². The van der Waals surface area contributed by atoms with Gasteiger partial charge in [0.2, 0.25) is 5.91 Å². The third-order valence-electron chi connectivity index (χ3n) is 3.32. The van der Waals surface area contributed by atoms with Crippen molar-refractivity contribution in [3.63, 3.8) is 0 Å². The first-order chi connectivity index (χ1) is 12.8. The van der Waals surface area contributed by atoms with Crippen molar-refractivity contribution in [2.24, 2.45) is 5.10 Å². The van der Waals surface area contributed by atoms with Crippen LogP contribution in [-0.4, -0.2) is 21.5 Å². The molecule has 0 heterocycles. The Morgan fingerprint density at radius 3 is 2.44 bits per heavy atom. The second-order valence-corrected chi connectivity index (χ2v) is 5.79. The van der Waals surface area contributed by atoms with Crippen LogP contribution in [0.4, 0.5) is 22.7 Å². The van der Waals surface area contributed by atoms with Crippen LogP contribution in [0.15, 0.2) is 47.6 Å². The molecule has 0 radical (unpaired) electrons. The van der Waals surface area contributed by atoms with Gasteiger partial charge in [-0.15, -0.1) is 0 Å². The molecule has 0 saturated heterocycles. The van der Waals surface area contributed by atoms with Gasteiger partial charge < -0.3 is 5.32 Å². The van der Waals surface area contributed by atoms with Crippen LogP contribution >= 0.6 is 11.6 Å². The molecular formula is C16H14ClN5O5. The van der Waals surface area contributed by atoms with Crippen LogP contribution in [-0.2, 0) is 4.79 Å². The summed E-state index contributed by atoms with van der Waals surface area (Å²) in [7, 11) is 0. The van der Waals surface area contributed by atoms with Gasteiger partial charge in [0.15, 0.2) is 0 Å². The number of benzene rings is 2. The number of nitro groups is 2. The summed E-state index contributed by atoms with van der Waals surface area (Å²) in [5, 5.41) is 28.7. The molecule has 10 nitrogen and oxygen atoms in total. The molecule has 0 aliphatic heterocycles. The van der Waals surface area contributed by atoms with Crippen LogP contribution in [0.5, 0.6) is 0 Å². The molecule has 140 valence electrons. The van der Waals surface area contributed by atoms with E-state index in [0.717, 1.165) is 12.1 Å². The smallest absolute Gasteiger partial charge is 0.301 e. The fraction of sp³-hybridized carbons (Fsp3) is 0.125. The molecule has 0 bridgehead atoms. The largest absolute Gasteiger partial charge is 0.324 e. The second-order valence-electron chi connectivity index (χ2n) is 5.38. The summed E-state index contributed by atoms with van der Waals surface area (Å²) in [5.41, 5.74) is 2.31. The highest BCUT2D eigenvalue weighted by atomic mass is 35.5. The lowest BCUT2D eigenvalue weighted by atomic mass is 10.2. The van der Waals surface area contributed by atoms with Gasteiger partial charge in [-0.25, -0.2) is 0 Å². The normalized spacial score (nSPS) is 11.0. The Morgan fingerprint density at radius 1 is 1.11 bits per heavy atom. The number of anilines is 2. The molecule has 2 rings (SSSR count). The highest BCUT2D eigenvalue weighted by Gasteiger charge is 2.19. The Kier molecular flexibility index (Phi) is 6.39. The van der Waals surface area contributed by atoms with Crippen LogP contribution in [0.2, 0.25) is 5.02 Å². The van der Waals surface area contributed by atoms with E-state index in [0.29, 0.717) is 16.4 Å². The molecule has 11 heteroatoms. The molecule has 0 aromatic heterocycles. The topological polar surface area (TPSA) is 140 Å². The van der Waals surface area contributed by atoms with Crippen LogP contribution in [0.3, 0.4) is 0 Å². The number of para-hydroxylation sites is 1. The summed E-state index contributed by atoms with van der Waals surface area (Å²) in [6.07, 6.45) is -0.0843. The van der Waals surface area contributed by atoms with Crippen molar-refractivity contribution in [1.29, 1.82) is 0 Å².